The molecule has 0 fully saturated rings. The summed E-state index contributed by atoms with van der Waals surface area (Å²) >= 11 is 3.20. The fourth-order valence-electron chi connectivity index (χ4n) is 1.23. The number of halogens is 1. The van der Waals surface area contributed by atoms with Gasteiger partial charge in [-0.3, -0.25) is 0 Å². The fraction of sp³-hybridized carbons (Fsp3) is 0.455. The second-order valence-electron chi connectivity index (χ2n) is 4.00. The summed E-state index contributed by atoms with van der Waals surface area (Å²) in [5, 5.41) is 0. The monoisotopic (exact) mass is 336 g/mol. The van der Waals surface area contributed by atoms with Crippen LogP contribution in [-0.4, -0.2) is 27.7 Å². The van der Waals surface area contributed by atoms with Gasteiger partial charge >= 0.3 is 0 Å². The normalized spacial score (nSPS) is 12.0. The summed E-state index contributed by atoms with van der Waals surface area (Å²) in [6.45, 7) is 4.37. The molecule has 0 saturated carbocycles. The SMILES string of the molecule is CC(C)OCCNS(=O)(=O)c1ccc(N)c(Br)c1. The molecule has 0 unspecified atom stereocenters. The summed E-state index contributed by atoms with van der Waals surface area (Å²) < 4.78 is 32.1. The van der Waals surface area contributed by atoms with Crippen molar-refractivity contribution >= 4 is 31.6 Å². The molecule has 0 bridgehead atoms. The molecule has 0 saturated heterocycles. The topological polar surface area (TPSA) is 81.4 Å². The lowest BCUT2D eigenvalue weighted by Gasteiger charge is -2.10. The molecule has 0 aromatic heterocycles. The summed E-state index contributed by atoms with van der Waals surface area (Å²) in [5.41, 5.74) is 6.10. The van der Waals surface area contributed by atoms with Crippen molar-refractivity contribution in [1.29, 1.82) is 0 Å². The molecule has 18 heavy (non-hydrogen) atoms. The van der Waals surface area contributed by atoms with Crippen LogP contribution in [0.2, 0.25) is 0 Å². The van der Waals surface area contributed by atoms with Crippen LogP contribution in [-0.2, 0) is 14.8 Å². The van der Waals surface area contributed by atoms with Crippen molar-refractivity contribution in [1.82, 2.24) is 4.72 Å². The van der Waals surface area contributed by atoms with Crippen LogP contribution in [0.25, 0.3) is 0 Å². The van der Waals surface area contributed by atoms with E-state index in [0.717, 1.165) is 0 Å². The van der Waals surface area contributed by atoms with Gasteiger partial charge in [-0.05, 0) is 48.0 Å². The highest BCUT2D eigenvalue weighted by atomic mass is 79.9. The van der Waals surface area contributed by atoms with Crippen molar-refractivity contribution in [2.45, 2.75) is 24.8 Å². The number of nitrogens with one attached hydrogen (secondary N) is 1. The number of nitrogens with two attached hydrogens (primary N) is 1. The van der Waals surface area contributed by atoms with Gasteiger partial charge in [0.15, 0.2) is 0 Å². The van der Waals surface area contributed by atoms with E-state index in [9.17, 15) is 8.42 Å². The first-order chi connectivity index (χ1) is 8.33. The Hall–Kier alpha value is -0.630. The van der Waals surface area contributed by atoms with Gasteiger partial charge in [0, 0.05) is 16.7 Å². The van der Waals surface area contributed by atoms with Gasteiger partial charge in [-0.15, -0.1) is 0 Å². The van der Waals surface area contributed by atoms with Gasteiger partial charge < -0.3 is 10.5 Å². The van der Waals surface area contributed by atoms with Crippen molar-refractivity contribution in [2.75, 3.05) is 18.9 Å². The molecule has 0 spiro atoms. The Morgan fingerprint density at radius 2 is 2.11 bits per heavy atom. The molecule has 0 aliphatic heterocycles. The first kappa shape index (κ1) is 15.4. The quantitative estimate of drug-likeness (QED) is 0.612. The number of rotatable bonds is 6. The van der Waals surface area contributed by atoms with Crippen LogP contribution in [0, 0.1) is 0 Å². The van der Waals surface area contributed by atoms with Gasteiger partial charge in [-0.25, -0.2) is 13.1 Å². The minimum Gasteiger partial charge on any atom is -0.398 e. The number of hydrogen-bond donors (Lipinski definition) is 2. The Kier molecular flexibility index (Phi) is 5.58. The first-order valence-electron chi connectivity index (χ1n) is 5.49. The highest BCUT2D eigenvalue weighted by Crippen LogP contribution is 2.22. The second kappa shape index (κ2) is 6.51. The molecular formula is C11H17BrN2O3S. The van der Waals surface area contributed by atoms with Crippen LogP contribution in [0.4, 0.5) is 5.69 Å². The minimum atomic E-state index is -3.51. The molecule has 0 amide bonds. The molecule has 0 atom stereocenters. The third-order valence-corrected chi connectivity index (χ3v) is 4.27. The number of anilines is 1. The van der Waals surface area contributed by atoms with Gasteiger partial charge in [0.2, 0.25) is 10.0 Å². The maximum atomic E-state index is 11.9. The average Bonchev–Trinajstić information content (AvgIpc) is 2.28. The zero-order valence-corrected chi connectivity index (χ0v) is 12.7. The molecule has 3 N–H and O–H groups in total. The van der Waals surface area contributed by atoms with Gasteiger partial charge in [0.05, 0.1) is 17.6 Å². The van der Waals surface area contributed by atoms with Crippen LogP contribution in [0.15, 0.2) is 27.6 Å². The standard InChI is InChI=1S/C11H17BrN2O3S/c1-8(2)17-6-5-14-18(15,16)9-3-4-11(13)10(12)7-9/h3-4,7-8,14H,5-6,13H2,1-2H3. The van der Waals surface area contributed by atoms with Crippen molar-refractivity contribution in [3.05, 3.63) is 22.7 Å². The molecule has 1 aromatic carbocycles. The van der Waals surface area contributed by atoms with Crippen LogP contribution in [0.3, 0.4) is 0 Å². The summed E-state index contributed by atoms with van der Waals surface area (Å²) in [6, 6.07) is 4.48. The molecule has 0 heterocycles. The van der Waals surface area contributed by atoms with Crippen LogP contribution in [0.1, 0.15) is 13.8 Å². The molecule has 0 aliphatic carbocycles. The number of hydrogen-bond acceptors (Lipinski definition) is 4. The van der Waals surface area contributed by atoms with E-state index in [2.05, 4.69) is 20.7 Å². The van der Waals surface area contributed by atoms with Crippen molar-refractivity contribution < 1.29 is 13.2 Å². The van der Waals surface area contributed by atoms with Gasteiger partial charge in [-0.2, -0.15) is 0 Å². The van der Waals surface area contributed by atoms with Crippen LogP contribution < -0.4 is 10.5 Å². The Balaban J connectivity index is 2.66. The molecule has 5 nitrogen and oxygen atoms in total. The number of benzene rings is 1. The molecule has 1 aromatic rings. The van der Waals surface area contributed by atoms with Gasteiger partial charge in [0.25, 0.3) is 0 Å². The minimum absolute atomic E-state index is 0.0835. The lowest BCUT2D eigenvalue weighted by Crippen LogP contribution is -2.28. The predicted octanol–water partition coefficient (Wildman–Crippen LogP) is 1.73. The smallest absolute Gasteiger partial charge is 0.240 e. The molecule has 7 heteroatoms. The predicted molar refractivity (Wildman–Crippen MR) is 74.8 cm³/mol. The number of ether oxygens (including phenoxy) is 1. The van der Waals surface area contributed by atoms with Gasteiger partial charge in [0.1, 0.15) is 0 Å². The van der Waals surface area contributed by atoms with E-state index in [-0.39, 0.29) is 17.5 Å². The molecule has 0 aliphatic rings. The molecular weight excluding hydrogens is 320 g/mol. The lowest BCUT2D eigenvalue weighted by atomic mass is 10.3. The van der Waals surface area contributed by atoms with Crippen molar-refractivity contribution in [2.24, 2.45) is 0 Å². The third kappa shape index (κ3) is 4.56. The van der Waals surface area contributed by atoms with Crippen molar-refractivity contribution in [3.8, 4) is 0 Å². The largest absolute Gasteiger partial charge is 0.398 e. The fourth-order valence-corrected chi connectivity index (χ4v) is 2.80. The molecule has 102 valence electrons. The van der Waals surface area contributed by atoms with E-state index in [1.165, 1.54) is 12.1 Å². The molecule has 0 radical (unpaired) electrons. The van der Waals surface area contributed by atoms with Gasteiger partial charge in [-0.1, -0.05) is 0 Å². The highest BCUT2D eigenvalue weighted by molar-refractivity contribution is 9.10. The summed E-state index contributed by atoms with van der Waals surface area (Å²) in [6.07, 6.45) is 0.0835. The Bertz CT molecular complexity index is 503. The second-order valence-corrected chi connectivity index (χ2v) is 6.62. The zero-order valence-electron chi connectivity index (χ0n) is 10.3. The Labute approximate surface area is 116 Å². The maximum Gasteiger partial charge on any atom is 0.240 e. The van der Waals surface area contributed by atoms with Crippen LogP contribution >= 0.6 is 15.9 Å². The van der Waals surface area contributed by atoms with Crippen LogP contribution in [0.5, 0.6) is 0 Å². The van der Waals surface area contributed by atoms with E-state index < -0.39 is 10.0 Å². The number of sulfonamides is 1. The summed E-state index contributed by atoms with van der Waals surface area (Å²) in [5.74, 6) is 0. The molecule has 1 rings (SSSR count). The van der Waals surface area contributed by atoms with E-state index >= 15 is 0 Å². The summed E-state index contributed by atoms with van der Waals surface area (Å²) in [4.78, 5) is 0.174. The maximum absolute atomic E-state index is 11.9. The zero-order chi connectivity index (χ0) is 13.8. The highest BCUT2D eigenvalue weighted by Gasteiger charge is 2.14. The average molecular weight is 337 g/mol. The number of nitrogen functional groups attached to an aromatic ring is 1. The van der Waals surface area contributed by atoms with E-state index in [4.69, 9.17) is 10.5 Å². The van der Waals surface area contributed by atoms with E-state index in [0.29, 0.717) is 16.8 Å². The first-order valence-corrected chi connectivity index (χ1v) is 7.77. The Morgan fingerprint density at radius 3 is 2.67 bits per heavy atom. The van der Waals surface area contributed by atoms with Crippen molar-refractivity contribution in [3.63, 3.8) is 0 Å². The summed E-state index contributed by atoms with van der Waals surface area (Å²) in [7, 11) is -3.51. The Morgan fingerprint density at radius 1 is 1.44 bits per heavy atom. The van der Waals surface area contributed by atoms with E-state index in [1.54, 1.807) is 6.07 Å². The third-order valence-electron chi connectivity index (χ3n) is 2.13. The lowest BCUT2D eigenvalue weighted by molar-refractivity contribution is 0.0834. The van der Waals surface area contributed by atoms with E-state index in [1.807, 2.05) is 13.8 Å².